The second kappa shape index (κ2) is 5.10. The Balaban J connectivity index is 1.71. The summed E-state index contributed by atoms with van der Waals surface area (Å²) in [6.07, 6.45) is 7.04. The van der Waals surface area contributed by atoms with E-state index in [4.69, 9.17) is 9.47 Å². The van der Waals surface area contributed by atoms with E-state index in [2.05, 4.69) is 17.2 Å². The van der Waals surface area contributed by atoms with Crippen LogP contribution in [0, 0.1) is 5.92 Å². The number of nitrogens with one attached hydrogen (secondary N) is 1. The first kappa shape index (κ1) is 12.7. The molecule has 1 N–H and O–H groups in total. The van der Waals surface area contributed by atoms with Crippen LogP contribution in [0.25, 0.3) is 10.8 Å². The van der Waals surface area contributed by atoms with E-state index in [0.29, 0.717) is 18.8 Å². The monoisotopic (exact) mass is 284 g/mol. The van der Waals surface area contributed by atoms with Crippen LogP contribution in [-0.2, 0) is 0 Å². The number of anilines is 1. The van der Waals surface area contributed by atoms with Crippen molar-refractivity contribution in [1.82, 2.24) is 4.98 Å². The van der Waals surface area contributed by atoms with Gasteiger partial charge in [0.25, 0.3) is 0 Å². The first-order valence-electron chi connectivity index (χ1n) is 7.76. The summed E-state index contributed by atoms with van der Waals surface area (Å²) in [5, 5.41) is 5.91. The molecule has 0 spiro atoms. The fourth-order valence-corrected chi connectivity index (χ4v) is 3.38. The van der Waals surface area contributed by atoms with Gasteiger partial charge in [-0.2, -0.15) is 0 Å². The number of rotatable bonds is 2. The zero-order valence-corrected chi connectivity index (χ0v) is 12.3. The Labute approximate surface area is 124 Å². The van der Waals surface area contributed by atoms with Crippen LogP contribution in [0.1, 0.15) is 32.6 Å². The van der Waals surface area contributed by atoms with E-state index in [1.54, 1.807) is 0 Å². The molecule has 1 aromatic heterocycles. The fourth-order valence-electron chi connectivity index (χ4n) is 3.38. The summed E-state index contributed by atoms with van der Waals surface area (Å²) >= 11 is 0. The van der Waals surface area contributed by atoms with Crippen LogP contribution in [0.15, 0.2) is 24.4 Å². The molecule has 1 fully saturated rings. The first-order chi connectivity index (χ1) is 10.3. The van der Waals surface area contributed by atoms with Gasteiger partial charge in [0, 0.05) is 17.6 Å². The van der Waals surface area contributed by atoms with Crippen LogP contribution >= 0.6 is 0 Å². The number of hydrogen-bond donors (Lipinski definition) is 1. The zero-order chi connectivity index (χ0) is 14.2. The maximum atomic E-state index is 5.49. The van der Waals surface area contributed by atoms with Gasteiger partial charge in [-0.3, -0.25) is 0 Å². The van der Waals surface area contributed by atoms with Gasteiger partial charge in [0.1, 0.15) is 5.82 Å². The largest absolute Gasteiger partial charge is 0.454 e. The molecule has 0 radical (unpaired) electrons. The molecule has 0 bridgehead atoms. The van der Waals surface area contributed by atoms with Crippen molar-refractivity contribution in [1.29, 1.82) is 0 Å². The predicted molar refractivity (Wildman–Crippen MR) is 82.9 cm³/mol. The summed E-state index contributed by atoms with van der Waals surface area (Å²) in [5.74, 6) is 3.30. The normalized spacial score (nSPS) is 24.2. The van der Waals surface area contributed by atoms with Gasteiger partial charge in [0.05, 0.1) is 0 Å². The van der Waals surface area contributed by atoms with Crippen molar-refractivity contribution >= 4 is 16.6 Å². The molecule has 4 nitrogen and oxygen atoms in total. The standard InChI is InChI=1S/C17H20N2O2/c1-11-4-2-3-5-14(11)19-17-13-9-16-15(20-10-21-16)8-12(13)6-7-18-17/h6-9,11,14H,2-5,10H2,1H3,(H,18,19). The predicted octanol–water partition coefficient (Wildman–Crippen LogP) is 3.95. The van der Waals surface area contributed by atoms with Crippen molar-refractivity contribution < 1.29 is 9.47 Å². The Kier molecular flexibility index (Phi) is 3.09. The summed E-state index contributed by atoms with van der Waals surface area (Å²) in [5.41, 5.74) is 0. The molecule has 2 atom stereocenters. The van der Waals surface area contributed by atoms with E-state index in [-0.39, 0.29) is 0 Å². The highest BCUT2D eigenvalue weighted by Gasteiger charge is 2.22. The molecule has 2 aliphatic rings. The molecule has 1 aliphatic carbocycles. The maximum Gasteiger partial charge on any atom is 0.231 e. The van der Waals surface area contributed by atoms with Crippen molar-refractivity contribution in [2.45, 2.75) is 38.6 Å². The summed E-state index contributed by atoms with van der Waals surface area (Å²) in [4.78, 5) is 4.55. The number of aromatic nitrogens is 1. The van der Waals surface area contributed by atoms with Crippen molar-refractivity contribution in [3.05, 3.63) is 24.4 Å². The Bertz CT molecular complexity index is 671. The number of nitrogens with zero attached hydrogens (tertiary/aromatic N) is 1. The second-order valence-corrected chi connectivity index (χ2v) is 6.10. The average Bonchev–Trinajstić information content (AvgIpc) is 2.95. The Morgan fingerprint density at radius 3 is 2.81 bits per heavy atom. The van der Waals surface area contributed by atoms with E-state index in [1.165, 1.54) is 25.7 Å². The topological polar surface area (TPSA) is 43.4 Å². The molecule has 1 aliphatic heterocycles. The maximum absolute atomic E-state index is 5.49. The SMILES string of the molecule is CC1CCCCC1Nc1nccc2cc3c(cc12)OCO3. The van der Waals surface area contributed by atoms with Crippen LogP contribution in [-0.4, -0.2) is 17.8 Å². The van der Waals surface area contributed by atoms with E-state index >= 15 is 0 Å². The highest BCUT2D eigenvalue weighted by atomic mass is 16.7. The Morgan fingerprint density at radius 2 is 1.95 bits per heavy atom. The van der Waals surface area contributed by atoms with Gasteiger partial charge in [-0.15, -0.1) is 0 Å². The van der Waals surface area contributed by atoms with Crippen LogP contribution in [0.5, 0.6) is 11.5 Å². The molecule has 110 valence electrons. The molecule has 1 aromatic carbocycles. The van der Waals surface area contributed by atoms with E-state index in [0.717, 1.165) is 28.1 Å². The number of benzene rings is 1. The molecule has 4 rings (SSSR count). The van der Waals surface area contributed by atoms with Crippen LogP contribution in [0.2, 0.25) is 0 Å². The second-order valence-electron chi connectivity index (χ2n) is 6.10. The van der Waals surface area contributed by atoms with Crippen LogP contribution in [0.3, 0.4) is 0 Å². The number of pyridine rings is 1. The summed E-state index contributed by atoms with van der Waals surface area (Å²) in [6, 6.07) is 6.62. The summed E-state index contributed by atoms with van der Waals surface area (Å²) < 4.78 is 10.9. The Morgan fingerprint density at radius 1 is 1.14 bits per heavy atom. The van der Waals surface area contributed by atoms with Gasteiger partial charge >= 0.3 is 0 Å². The molecule has 0 amide bonds. The lowest BCUT2D eigenvalue weighted by Gasteiger charge is -2.30. The first-order valence-corrected chi connectivity index (χ1v) is 7.76. The summed E-state index contributed by atoms with van der Waals surface area (Å²) in [7, 11) is 0. The van der Waals surface area contributed by atoms with Gasteiger partial charge < -0.3 is 14.8 Å². The molecule has 0 saturated heterocycles. The minimum Gasteiger partial charge on any atom is -0.454 e. The van der Waals surface area contributed by atoms with Gasteiger partial charge in [-0.1, -0.05) is 19.8 Å². The van der Waals surface area contributed by atoms with Crippen molar-refractivity contribution in [2.75, 3.05) is 12.1 Å². The molecule has 2 aromatic rings. The smallest absolute Gasteiger partial charge is 0.231 e. The van der Waals surface area contributed by atoms with Crippen LogP contribution in [0.4, 0.5) is 5.82 Å². The third kappa shape index (κ3) is 2.28. The minimum absolute atomic E-state index is 0.307. The number of fused-ring (bicyclic) bond motifs is 2. The average molecular weight is 284 g/mol. The molecule has 21 heavy (non-hydrogen) atoms. The van der Waals surface area contributed by atoms with Gasteiger partial charge in [0.2, 0.25) is 6.79 Å². The molecular weight excluding hydrogens is 264 g/mol. The highest BCUT2D eigenvalue weighted by molar-refractivity contribution is 5.94. The third-order valence-electron chi connectivity index (χ3n) is 4.69. The lowest BCUT2D eigenvalue weighted by molar-refractivity contribution is 0.174. The third-order valence-corrected chi connectivity index (χ3v) is 4.69. The molecule has 2 unspecified atom stereocenters. The fraction of sp³-hybridized carbons (Fsp3) is 0.471. The van der Waals surface area contributed by atoms with Crippen molar-refractivity contribution in [2.24, 2.45) is 5.92 Å². The molecular formula is C17H20N2O2. The molecule has 1 saturated carbocycles. The number of ether oxygens (including phenoxy) is 2. The quantitative estimate of drug-likeness (QED) is 0.906. The van der Waals surface area contributed by atoms with Gasteiger partial charge in [0.15, 0.2) is 11.5 Å². The summed E-state index contributed by atoms with van der Waals surface area (Å²) in [6.45, 7) is 2.64. The van der Waals surface area contributed by atoms with E-state index < -0.39 is 0 Å². The Hall–Kier alpha value is -1.97. The van der Waals surface area contributed by atoms with E-state index in [9.17, 15) is 0 Å². The van der Waals surface area contributed by atoms with Crippen molar-refractivity contribution in [3.63, 3.8) is 0 Å². The van der Waals surface area contributed by atoms with Gasteiger partial charge in [-0.05, 0) is 42.3 Å². The lowest BCUT2D eigenvalue weighted by Crippen LogP contribution is -2.30. The van der Waals surface area contributed by atoms with Crippen molar-refractivity contribution in [3.8, 4) is 11.5 Å². The number of hydrogen-bond acceptors (Lipinski definition) is 4. The minimum atomic E-state index is 0.307. The zero-order valence-electron chi connectivity index (χ0n) is 12.3. The van der Waals surface area contributed by atoms with Crippen LogP contribution < -0.4 is 14.8 Å². The highest BCUT2D eigenvalue weighted by Crippen LogP contribution is 2.38. The lowest BCUT2D eigenvalue weighted by atomic mass is 9.86. The molecule has 2 heterocycles. The van der Waals surface area contributed by atoms with E-state index in [1.807, 2.05) is 24.4 Å². The molecule has 4 heteroatoms. The van der Waals surface area contributed by atoms with Gasteiger partial charge in [-0.25, -0.2) is 4.98 Å².